The van der Waals surface area contributed by atoms with Crippen LogP contribution in [0.15, 0.2) is 36.4 Å². The zero-order valence-electron chi connectivity index (χ0n) is 10.7. The molecule has 2 aromatic rings. The summed E-state index contributed by atoms with van der Waals surface area (Å²) >= 11 is 5.94. The molecule has 0 heterocycles. The van der Waals surface area contributed by atoms with Crippen molar-refractivity contribution < 1.29 is 14.6 Å². The highest BCUT2D eigenvalue weighted by Gasteiger charge is 2.08. The molecule has 0 aromatic heterocycles. The number of carbonyl (C=O) groups is 1. The summed E-state index contributed by atoms with van der Waals surface area (Å²) in [4.78, 5) is 10.9. The van der Waals surface area contributed by atoms with E-state index in [4.69, 9.17) is 27.2 Å². The Bertz CT molecular complexity index is 659. The molecule has 20 heavy (non-hydrogen) atoms. The molecule has 0 aliphatic carbocycles. The summed E-state index contributed by atoms with van der Waals surface area (Å²) in [5, 5.41) is 12.5. The number of anilines is 3. The molecule has 0 atom stereocenters. The molecule has 104 valence electrons. The first-order valence-electron chi connectivity index (χ1n) is 5.74. The number of ether oxygens (including phenoxy) is 1. The van der Waals surface area contributed by atoms with Crippen LogP contribution in [-0.2, 0) is 0 Å². The van der Waals surface area contributed by atoms with Crippen LogP contribution in [0.1, 0.15) is 10.4 Å². The lowest BCUT2D eigenvalue weighted by atomic mass is 10.1. The Morgan fingerprint density at radius 3 is 2.50 bits per heavy atom. The van der Waals surface area contributed by atoms with Gasteiger partial charge in [0.15, 0.2) is 0 Å². The van der Waals surface area contributed by atoms with E-state index in [0.717, 1.165) is 5.69 Å². The van der Waals surface area contributed by atoms with Gasteiger partial charge in [0.2, 0.25) is 0 Å². The molecule has 5 nitrogen and oxygen atoms in total. The van der Waals surface area contributed by atoms with E-state index in [2.05, 4.69) is 5.32 Å². The fourth-order valence-corrected chi connectivity index (χ4v) is 1.93. The number of nitrogens with one attached hydrogen (secondary N) is 1. The second kappa shape index (κ2) is 5.71. The van der Waals surface area contributed by atoms with Crippen molar-refractivity contribution in [2.75, 3.05) is 18.2 Å². The topological polar surface area (TPSA) is 84.6 Å². The van der Waals surface area contributed by atoms with Crippen LogP contribution in [-0.4, -0.2) is 18.2 Å². The van der Waals surface area contributed by atoms with E-state index in [1.165, 1.54) is 13.2 Å². The molecule has 0 saturated carbocycles. The largest absolute Gasteiger partial charge is 0.495 e. The Hall–Kier alpha value is -2.40. The third-order valence-electron chi connectivity index (χ3n) is 2.72. The first-order valence-corrected chi connectivity index (χ1v) is 6.12. The molecule has 2 rings (SSSR count). The summed E-state index contributed by atoms with van der Waals surface area (Å²) in [5.74, 6) is -0.506. The van der Waals surface area contributed by atoms with E-state index in [-0.39, 0.29) is 11.3 Å². The number of halogens is 1. The third kappa shape index (κ3) is 2.95. The number of rotatable bonds is 4. The lowest BCUT2D eigenvalue weighted by molar-refractivity contribution is 0.0698. The van der Waals surface area contributed by atoms with E-state index in [1.54, 1.807) is 30.3 Å². The number of nitrogen functional groups attached to an aromatic ring is 1. The van der Waals surface area contributed by atoms with Crippen molar-refractivity contribution in [3.8, 4) is 5.75 Å². The van der Waals surface area contributed by atoms with E-state index in [1.807, 2.05) is 0 Å². The second-order valence-electron chi connectivity index (χ2n) is 4.08. The minimum Gasteiger partial charge on any atom is -0.495 e. The van der Waals surface area contributed by atoms with E-state index in [0.29, 0.717) is 16.5 Å². The van der Waals surface area contributed by atoms with Crippen molar-refractivity contribution in [3.05, 3.63) is 47.0 Å². The van der Waals surface area contributed by atoms with Gasteiger partial charge < -0.3 is 20.9 Å². The van der Waals surface area contributed by atoms with Gasteiger partial charge in [0.05, 0.1) is 17.7 Å². The maximum Gasteiger partial charge on any atom is 0.337 e. The van der Waals surface area contributed by atoms with Crippen LogP contribution in [0.4, 0.5) is 17.1 Å². The van der Waals surface area contributed by atoms with Gasteiger partial charge in [0.25, 0.3) is 0 Å². The number of carboxylic acids is 1. The number of methoxy groups -OCH3 is 1. The summed E-state index contributed by atoms with van der Waals surface area (Å²) < 4.78 is 5.12. The number of hydrogen-bond acceptors (Lipinski definition) is 4. The monoisotopic (exact) mass is 292 g/mol. The Morgan fingerprint density at radius 1 is 1.25 bits per heavy atom. The van der Waals surface area contributed by atoms with Gasteiger partial charge in [-0.25, -0.2) is 4.79 Å². The highest BCUT2D eigenvalue weighted by molar-refractivity contribution is 6.32. The smallest absolute Gasteiger partial charge is 0.337 e. The van der Waals surface area contributed by atoms with Crippen molar-refractivity contribution in [2.24, 2.45) is 0 Å². The van der Waals surface area contributed by atoms with Gasteiger partial charge in [-0.3, -0.25) is 0 Å². The normalized spacial score (nSPS) is 10.1. The minimum absolute atomic E-state index is 0.0734. The highest BCUT2D eigenvalue weighted by Crippen LogP contribution is 2.29. The molecule has 0 fully saturated rings. The lowest BCUT2D eigenvalue weighted by Crippen LogP contribution is -2.03. The molecule has 0 saturated heterocycles. The van der Waals surface area contributed by atoms with Gasteiger partial charge in [-0.2, -0.15) is 0 Å². The zero-order valence-corrected chi connectivity index (χ0v) is 11.4. The van der Waals surface area contributed by atoms with Crippen LogP contribution < -0.4 is 15.8 Å². The van der Waals surface area contributed by atoms with Crippen molar-refractivity contribution in [2.45, 2.75) is 0 Å². The van der Waals surface area contributed by atoms with Crippen molar-refractivity contribution in [3.63, 3.8) is 0 Å². The Balaban J connectivity index is 2.26. The van der Waals surface area contributed by atoms with Gasteiger partial charge in [-0.1, -0.05) is 11.6 Å². The Kier molecular flexibility index (Phi) is 4.00. The molecule has 0 aliphatic heterocycles. The summed E-state index contributed by atoms with van der Waals surface area (Å²) in [7, 11) is 1.53. The molecule has 0 amide bonds. The highest BCUT2D eigenvalue weighted by atomic mass is 35.5. The predicted molar refractivity (Wildman–Crippen MR) is 79.1 cm³/mol. The lowest BCUT2D eigenvalue weighted by Gasteiger charge is -2.10. The van der Waals surface area contributed by atoms with Gasteiger partial charge >= 0.3 is 5.97 Å². The fourth-order valence-electron chi connectivity index (χ4n) is 1.74. The summed E-state index contributed by atoms with van der Waals surface area (Å²) in [6.45, 7) is 0. The Morgan fingerprint density at radius 2 is 1.90 bits per heavy atom. The average Bonchev–Trinajstić information content (AvgIpc) is 2.40. The van der Waals surface area contributed by atoms with Crippen LogP contribution in [0.3, 0.4) is 0 Å². The van der Waals surface area contributed by atoms with Gasteiger partial charge in [0.1, 0.15) is 5.75 Å². The van der Waals surface area contributed by atoms with Gasteiger partial charge in [-0.05, 0) is 30.3 Å². The predicted octanol–water partition coefficient (Wildman–Crippen LogP) is 3.37. The molecule has 0 aliphatic rings. The number of nitrogens with two attached hydrogens (primary N) is 1. The SMILES string of the molecule is COc1cc(Nc2ccc(C(=O)O)c(N)c2)ccc1Cl. The fraction of sp³-hybridized carbons (Fsp3) is 0.0714. The number of hydrogen-bond donors (Lipinski definition) is 3. The van der Waals surface area contributed by atoms with Crippen molar-refractivity contribution in [1.29, 1.82) is 0 Å². The maximum atomic E-state index is 10.9. The van der Waals surface area contributed by atoms with Crippen molar-refractivity contribution >= 4 is 34.6 Å². The zero-order chi connectivity index (χ0) is 14.7. The van der Waals surface area contributed by atoms with Crippen LogP contribution in [0.2, 0.25) is 5.02 Å². The summed E-state index contributed by atoms with van der Waals surface area (Å²) in [6.07, 6.45) is 0. The van der Waals surface area contributed by atoms with Crippen LogP contribution in [0.25, 0.3) is 0 Å². The average molecular weight is 293 g/mol. The Labute approximate surface area is 120 Å². The number of carboxylic acid groups (broad SMARTS) is 1. The molecule has 0 spiro atoms. The standard InChI is InChI=1S/C14H13ClN2O3/c1-20-13-7-9(3-5-11(13)15)17-8-2-4-10(14(18)19)12(16)6-8/h2-7,17H,16H2,1H3,(H,18,19). The minimum atomic E-state index is -1.05. The summed E-state index contributed by atoms with van der Waals surface area (Å²) in [6, 6.07) is 9.88. The first-order chi connectivity index (χ1) is 9.51. The first kappa shape index (κ1) is 14.0. The molecular formula is C14H13ClN2O3. The number of benzene rings is 2. The second-order valence-corrected chi connectivity index (χ2v) is 4.49. The molecular weight excluding hydrogens is 280 g/mol. The maximum absolute atomic E-state index is 10.9. The molecule has 4 N–H and O–H groups in total. The van der Waals surface area contributed by atoms with Gasteiger partial charge in [0, 0.05) is 23.1 Å². The number of aromatic carboxylic acids is 1. The van der Waals surface area contributed by atoms with E-state index < -0.39 is 5.97 Å². The molecule has 0 unspecified atom stereocenters. The van der Waals surface area contributed by atoms with Crippen LogP contribution in [0.5, 0.6) is 5.75 Å². The van der Waals surface area contributed by atoms with Crippen LogP contribution in [0, 0.1) is 0 Å². The molecule has 0 bridgehead atoms. The third-order valence-corrected chi connectivity index (χ3v) is 3.03. The van der Waals surface area contributed by atoms with Gasteiger partial charge in [-0.15, -0.1) is 0 Å². The molecule has 0 radical (unpaired) electrons. The van der Waals surface area contributed by atoms with E-state index in [9.17, 15) is 4.79 Å². The van der Waals surface area contributed by atoms with Crippen LogP contribution >= 0.6 is 11.6 Å². The van der Waals surface area contributed by atoms with Crippen molar-refractivity contribution in [1.82, 2.24) is 0 Å². The van der Waals surface area contributed by atoms with E-state index >= 15 is 0 Å². The summed E-state index contributed by atoms with van der Waals surface area (Å²) in [5.41, 5.74) is 7.40. The molecule has 6 heteroatoms. The molecule has 2 aromatic carbocycles. The quantitative estimate of drug-likeness (QED) is 0.752.